The lowest BCUT2D eigenvalue weighted by atomic mass is 10.2. The lowest BCUT2D eigenvalue weighted by molar-refractivity contribution is 0.570. The smallest absolute Gasteiger partial charge is 0.264 e. The molecule has 4 rings (SSSR count). The van der Waals surface area contributed by atoms with Crippen LogP contribution >= 0.6 is 0 Å². The van der Waals surface area contributed by atoms with Crippen LogP contribution in [0, 0.1) is 17.5 Å². The highest BCUT2D eigenvalue weighted by Gasteiger charge is 2.19. The molecule has 0 saturated carbocycles. The summed E-state index contributed by atoms with van der Waals surface area (Å²) < 4.78 is 69.4. The Labute approximate surface area is 158 Å². The van der Waals surface area contributed by atoms with E-state index in [1.165, 1.54) is 47.3 Å². The Morgan fingerprint density at radius 3 is 2.43 bits per heavy atom. The normalized spacial score (nSPS) is 11.7. The summed E-state index contributed by atoms with van der Waals surface area (Å²) in [7, 11) is -4.12. The molecule has 1 heterocycles. The Balaban J connectivity index is 1.71. The molecule has 3 aromatic carbocycles. The zero-order chi connectivity index (χ0) is 19.9. The predicted octanol–water partition coefficient (Wildman–Crippen LogP) is 4.24. The van der Waals surface area contributed by atoms with E-state index in [-0.39, 0.29) is 11.4 Å². The maximum Gasteiger partial charge on any atom is 0.264 e. The highest BCUT2D eigenvalue weighted by molar-refractivity contribution is 7.92. The first-order chi connectivity index (χ1) is 13.3. The average Bonchev–Trinajstić information content (AvgIpc) is 3.04. The van der Waals surface area contributed by atoms with E-state index >= 15 is 0 Å². The van der Waals surface area contributed by atoms with Gasteiger partial charge in [-0.15, -0.1) is 0 Å². The van der Waals surface area contributed by atoms with E-state index in [9.17, 15) is 21.6 Å². The Bertz CT molecular complexity index is 1300. The van der Waals surface area contributed by atoms with Crippen molar-refractivity contribution in [2.75, 3.05) is 4.72 Å². The molecule has 0 aliphatic rings. The summed E-state index contributed by atoms with van der Waals surface area (Å²) in [6, 6.07) is 12.6. The van der Waals surface area contributed by atoms with Gasteiger partial charge in [0, 0.05) is 17.1 Å². The molecule has 0 radical (unpaired) electrons. The van der Waals surface area contributed by atoms with Gasteiger partial charge in [-0.3, -0.25) is 4.72 Å². The van der Waals surface area contributed by atoms with Crippen molar-refractivity contribution in [2.45, 2.75) is 4.90 Å². The van der Waals surface area contributed by atoms with E-state index in [1.54, 1.807) is 0 Å². The maximum absolute atomic E-state index is 14.0. The Hall–Kier alpha value is -3.33. The number of hydrogen-bond acceptors (Lipinski definition) is 3. The molecule has 0 aliphatic heterocycles. The minimum Gasteiger partial charge on any atom is -0.280 e. The molecule has 0 atom stereocenters. The van der Waals surface area contributed by atoms with Gasteiger partial charge in [0.1, 0.15) is 22.2 Å². The van der Waals surface area contributed by atoms with Crippen LogP contribution in [0.15, 0.2) is 71.8 Å². The van der Waals surface area contributed by atoms with E-state index < -0.39 is 32.4 Å². The highest BCUT2D eigenvalue weighted by Crippen LogP contribution is 2.25. The van der Waals surface area contributed by atoms with Gasteiger partial charge in [0.25, 0.3) is 10.0 Å². The minimum atomic E-state index is -4.12. The van der Waals surface area contributed by atoms with Crippen molar-refractivity contribution in [1.82, 2.24) is 9.78 Å². The number of halogens is 3. The summed E-state index contributed by atoms with van der Waals surface area (Å²) in [6.07, 6.45) is 1.42. The van der Waals surface area contributed by atoms with E-state index in [0.717, 1.165) is 24.3 Å². The summed E-state index contributed by atoms with van der Waals surface area (Å²) in [4.78, 5) is -0.473. The van der Waals surface area contributed by atoms with Crippen molar-refractivity contribution >= 4 is 26.6 Å². The van der Waals surface area contributed by atoms with Crippen LogP contribution in [0.25, 0.3) is 16.6 Å². The molecule has 142 valence electrons. The van der Waals surface area contributed by atoms with E-state index in [4.69, 9.17) is 0 Å². The van der Waals surface area contributed by atoms with Gasteiger partial charge >= 0.3 is 0 Å². The van der Waals surface area contributed by atoms with Crippen LogP contribution in [-0.2, 0) is 10.0 Å². The number of sulfonamides is 1. The maximum atomic E-state index is 14.0. The largest absolute Gasteiger partial charge is 0.280 e. The SMILES string of the molecule is O=S(=O)(Nc1ccc2c(cnn2-c2ccc(F)cc2F)c1)c1ccccc1F. The van der Waals surface area contributed by atoms with Gasteiger partial charge in [0.2, 0.25) is 0 Å². The number of nitrogens with one attached hydrogen (secondary N) is 1. The van der Waals surface area contributed by atoms with Crippen LogP contribution in [0.4, 0.5) is 18.9 Å². The van der Waals surface area contributed by atoms with Crippen LogP contribution in [0.1, 0.15) is 0 Å². The molecule has 0 aliphatic carbocycles. The summed E-state index contributed by atoms with van der Waals surface area (Å²) in [5, 5.41) is 4.59. The zero-order valence-corrected chi connectivity index (χ0v) is 14.9. The third-order valence-corrected chi connectivity index (χ3v) is 5.50. The molecule has 28 heavy (non-hydrogen) atoms. The lowest BCUT2D eigenvalue weighted by Crippen LogP contribution is -2.14. The number of aromatic nitrogens is 2. The van der Waals surface area contributed by atoms with E-state index in [0.29, 0.717) is 10.9 Å². The van der Waals surface area contributed by atoms with Crippen LogP contribution in [0.3, 0.4) is 0 Å². The minimum absolute atomic E-state index is 0.0519. The molecule has 0 saturated heterocycles. The van der Waals surface area contributed by atoms with Crippen molar-refractivity contribution in [3.05, 3.63) is 84.3 Å². The molecule has 0 fully saturated rings. The third kappa shape index (κ3) is 3.20. The summed E-state index contributed by atoms with van der Waals surface area (Å²) in [6.45, 7) is 0. The van der Waals surface area contributed by atoms with Crippen LogP contribution in [0.2, 0.25) is 0 Å². The fraction of sp³-hybridized carbons (Fsp3) is 0. The van der Waals surface area contributed by atoms with Gasteiger partial charge in [0.05, 0.1) is 11.7 Å². The van der Waals surface area contributed by atoms with Crippen LogP contribution in [0.5, 0.6) is 0 Å². The molecule has 5 nitrogen and oxygen atoms in total. The summed E-state index contributed by atoms with van der Waals surface area (Å²) in [5.74, 6) is -2.35. The molecule has 0 bridgehead atoms. The second kappa shape index (κ2) is 6.68. The molecule has 1 N–H and O–H groups in total. The van der Waals surface area contributed by atoms with Crippen molar-refractivity contribution in [3.63, 3.8) is 0 Å². The molecular weight excluding hydrogens is 391 g/mol. The first-order valence-corrected chi connectivity index (χ1v) is 9.54. The molecule has 1 aromatic heterocycles. The van der Waals surface area contributed by atoms with Gasteiger partial charge in [-0.05, 0) is 42.5 Å². The standard InChI is InChI=1S/C19H12F3N3O2S/c20-13-5-7-18(16(22)10-13)25-17-8-6-14(9-12(17)11-23-25)24-28(26,27)19-4-2-1-3-15(19)21/h1-11,24H. The topological polar surface area (TPSA) is 64.0 Å². The molecule has 0 amide bonds. The number of nitrogens with zero attached hydrogens (tertiary/aromatic N) is 2. The van der Waals surface area contributed by atoms with Gasteiger partial charge < -0.3 is 0 Å². The zero-order valence-electron chi connectivity index (χ0n) is 14.1. The number of fused-ring (bicyclic) bond motifs is 1. The first-order valence-electron chi connectivity index (χ1n) is 8.06. The molecule has 0 spiro atoms. The number of hydrogen-bond donors (Lipinski definition) is 1. The van der Waals surface area contributed by atoms with E-state index in [2.05, 4.69) is 9.82 Å². The monoisotopic (exact) mass is 403 g/mol. The average molecular weight is 403 g/mol. The third-order valence-electron chi connectivity index (χ3n) is 4.08. The van der Waals surface area contributed by atoms with Crippen molar-refractivity contribution in [3.8, 4) is 5.69 Å². The Kier molecular flexibility index (Phi) is 4.31. The summed E-state index contributed by atoms with van der Waals surface area (Å²) in [5.41, 5.74) is 0.727. The fourth-order valence-corrected chi connectivity index (χ4v) is 3.94. The van der Waals surface area contributed by atoms with E-state index in [1.807, 2.05) is 0 Å². The van der Waals surface area contributed by atoms with Crippen LogP contribution < -0.4 is 4.72 Å². The number of benzene rings is 3. The quantitative estimate of drug-likeness (QED) is 0.554. The predicted molar refractivity (Wildman–Crippen MR) is 98.2 cm³/mol. The Morgan fingerprint density at radius 1 is 0.893 bits per heavy atom. The fourth-order valence-electron chi connectivity index (χ4n) is 2.81. The van der Waals surface area contributed by atoms with Gasteiger partial charge in [-0.1, -0.05) is 12.1 Å². The molecular formula is C19H12F3N3O2S. The number of anilines is 1. The van der Waals surface area contributed by atoms with Crippen molar-refractivity contribution in [2.24, 2.45) is 0 Å². The number of rotatable bonds is 4. The first kappa shape index (κ1) is 18.1. The summed E-state index contributed by atoms with van der Waals surface area (Å²) >= 11 is 0. The van der Waals surface area contributed by atoms with Gasteiger partial charge in [-0.25, -0.2) is 26.3 Å². The van der Waals surface area contributed by atoms with Crippen molar-refractivity contribution < 1.29 is 21.6 Å². The van der Waals surface area contributed by atoms with Gasteiger partial charge in [-0.2, -0.15) is 5.10 Å². The molecule has 0 unspecified atom stereocenters. The van der Waals surface area contributed by atoms with Crippen molar-refractivity contribution in [1.29, 1.82) is 0 Å². The Morgan fingerprint density at radius 2 is 1.68 bits per heavy atom. The molecule has 9 heteroatoms. The highest BCUT2D eigenvalue weighted by atomic mass is 32.2. The lowest BCUT2D eigenvalue weighted by Gasteiger charge is -2.09. The molecule has 4 aromatic rings. The second-order valence-corrected chi connectivity index (χ2v) is 7.61. The van der Waals surface area contributed by atoms with Gasteiger partial charge in [0.15, 0.2) is 5.82 Å². The second-order valence-electron chi connectivity index (χ2n) is 5.96. The van der Waals surface area contributed by atoms with Crippen LogP contribution in [-0.4, -0.2) is 18.2 Å².